The Morgan fingerprint density at radius 1 is 1.17 bits per heavy atom. The van der Waals surface area contributed by atoms with Gasteiger partial charge in [-0.3, -0.25) is 9.69 Å². The number of aromatic nitrogens is 3. The van der Waals surface area contributed by atoms with Gasteiger partial charge in [0, 0.05) is 17.3 Å². The third-order valence-electron chi connectivity index (χ3n) is 6.45. The quantitative estimate of drug-likeness (QED) is 0.369. The monoisotopic (exact) mass is 508 g/mol. The minimum absolute atomic E-state index is 0.0323. The summed E-state index contributed by atoms with van der Waals surface area (Å²) in [6, 6.07) is 7.45. The molecule has 1 saturated carbocycles. The second kappa shape index (κ2) is 11.1. The number of aryl methyl sites for hydroxylation is 1. The van der Waals surface area contributed by atoms with Crippen LogP contribution < -0.4 is 9.64 Å². The Morgan fingerprint density at radius 2 is 1.86 bits per heavy atom. The van der Waals surface area contributed by atoms with Crippen molar-refractivity contribution in [3.63, 3.8) is 0 Å². The zero-order valence-corrected chi connectivity index (χ0v) is 21.9. The Bertz CT molecular complexity index is 1240. The molecule has 0 bridgehead atoms. The summed E-state index contributed by atoms with van der Waals surface area (Å²) in [6.45, 7) is 7.99. The highest BCUT2D eigenvalue weighted by atomic mass is 32.1. The van der Waals surface area contributed by atoms with Crippen LogP contribution in [-0.4, -0.2) is 38.0 Å². The molecule has 1 N–H and O–H groups in total. The maximum absolute atomic E-state index is 13.5. The lowest BCUT2D eigenvalue weighted by Gasteiger charge is -2.32. The number of anilines is 1. The molecule has 0 spiro atoms. The maximum atomic E-state index is 13.5. The fourth-order valence-corrected chi connectivity index (χ4v) is 5.08. The first-order chi connectivity index (χ1) is 17.2. The van der Waals surface area contributed by atoms with Crippen LogP contribution in [0.4, 0.5) is 10.6 Å². The van der Waals surface area contributed by atoms with Crippen LogP contribution in [0, 0.1) is 18.8 Å². The average Bonchev–Trinajstić information content (AvgIpc) is 3.44. The maximum Gasteiger partial charge on any atom is 0.511 e. The summed E-state index contributed by atoms with van der Waals surface area (Å²) in [5.41, 5.74) is 2.63. The molecule has 0 unspecified atom stereocenters. The van der Waals surface area contributed by atoms with Crippen LogP contribution in [0.2, 0.25) is 0 Å². The predicted molar refractivity (Wildman–Crippen MR) is 142 cm³/mol. The van der Waals surface area contributed by atoms with E-state index in [4.69, 9.17) is 4.74 Å². The SMILES string of the molecule is Cc1nc(/C=C/c2ccc(-n3cc(OC(=O)O)c(N(C(=O)[C@H]4CC[C@H](C)CC4)C(C)C)n3)cc2)cs1. The first kappa shape index (κ1) is 25.6. The lowest BCUT2D eigenvalue weighted by molar-refractivity contribution is -0.124. The van der Waals surface area contributed by atoms with E-state index in [0.29, 0.717) is 5.92 Å². The topological polar surface area (TPSA) is 97.5 Å². The van der Waals surface area contributed by atoms with Gasteiger partial charge in [-0.15, -0.1) is 16.4 Å². The molecule has 1 amide bonds. The first-order valence-corrected chi connectivity index (χ1v) is 13.1. The molecule has 4 rings (SSSR count). The number of carbonyl (C=O) groups excluding carboxylic acids is 1. The molecular weight excluding hydrogens is 476 g/mol. The summed E-state index contributed by atoms with van der Waals surface area (Å²) in [5, 5.41) is 17.0. The molecule has 3 aromatic rings. The van der Waals surface area contributed by atoms with Crippen molar-refractivity contribution >= 4 is 41.4 Å². The molecule has 190 valence electrons. The van der Waals surface area contributed by atoms with Gasteiger partial charge < -0.3 is 9.84 Å². The summed E-state index contributed by atoms with van der Waals surface area (Å²) in [6.07, 6.45) is 7.69. The number of ether oxygens (including phenoxy) is 1. The molecule has 0 saturated heterocycles. The Balaban J connectivity index is 1.61. The molecular formula is C27H32N4O4S. The van der Waals surface area contributed by atoms with Gasteiger partial charge in [0.25, 0.3) is 0 Å². The molecule has 9 heteroatoms. The molecule has 0 atom stereocenters. The molecule has 2 aromatic heterocycles. The molecule has 1 aromatic carbocycles. The van der Waals surface area contributed by atoms with Gasteiger partial charge in [-0.05, 0) is 76.1 Å². The van der Waals surface area contributed by atoms with E-state index >= 15 is 0 Å². The lowest BCUT2D eigenvalue weighted by Crippen LogP contribution is -2.42. The van der Waals surface area contributed by atoms with Crippen molar-refractivity contribution < 1.29 is 19.4 Å². The number of rotatable bonds is 7. The van der Waals surface area contributed by atoms with E-state index in [9.17, 15) is 14.7 Å². The zero-order valence-electron chi connectivity index (χ0n) is 21.0. The molecule has 1 aliphatic rings. The lowest BCUT2D eigenvalue weighted by atomic mass is 9.82. The van der Waals surface area contributed by atoms with Gasteiger partial charge >= 0.3 is 6.16 Å². The fourth-order valence-electron chi connectivity index (χ4n) is 4.50. The van der Waals surface area contributed by atoms with Crippen molar-refractivity contribution in [2.75, 3.05) is 4.90 Å². The van der Waals surface area contributed by atoms with Crippen molar-refractivity contribution in [2.45, 2.75) is 59.4 Å². The van der Waals surface area contributed by atoms with Crippen molar-refractivity contribution in [1.29, 1.82) is 0 Å². The van der Waals surface area contributed by atoms with E-state index in [1.165, 1.54) is 6.20 Å². The highest BCUT2D eigenvalue weighted by Gasteiger charge is 2.34. The molecule has 0 aliphatic heterocycles. The van der Waals surface area contributed by atoms with Gasteiger partial charge in [0.2, 0.25) is 11.7 Å². The highest BCUT2D eigenvalue weighted by Crippen LogP contribution is 2.35. The third-order valence-corrected chi connectivity index (χ3v) is 7.24. The minimum Gasteiger partial charge on any atom is -0.449 e. The molecule has 1 aliphatic carbocycles. The smallest absolute Gasteiger partial charge is 0.449 e. The molecule has 1 fully saturated rings. The van der Waals surface area contributed by atoms with Crippen molar-refractivity contribution in [2.24, 2.45) is 11.8 Å². The van der Waals surface area contributed by atoms with E-state index in [-0.39, 0.29) is 29.4 Å². The number of hydrogen-bond donors (Lipinski definition) is 1. The Morgan fingerprint density at radius 3 is 2.44 bits per heavy atom. The zero-order chi connectivity index (χ0) is 25.8. The minimum atomic E-state index is -1.45. The van der Waals surface area contributed by atoms with Crippen LogP contribution in [0.5, 0.6) is 5.75 Å². The Kier molecular flexibility index (Phi) is 7.88. The first-order valence-electron chi connectivity index (χ1n) is 12.3. The van der Waals surface area contributed by atoms with Gasteiger partial charge in [0.05, 0.1) is 22.6 Å². The number of nitrogens with zero attached hydrogens (tertiary/aromatic N) is 4. The second-order valence-electron chi connectivity index (χ2n) is 9.60. The van der Waals surface area contributed by atoms with Crippen LogP contribution in [0.25, 0.3) is 17.8 Å². The molecule has 0 radical (unpaired) electrons. The molecule has 2 heterocycles. The summed E-state index contributed by atoms with van der Waals surface area (Å²) in [4.78, 5) is 31.0. The fraction of sp³-hybridized carbons (Fsp3) is 0.407. The van der Waals surface area contributed by atoms with E-state index in [0.717, 1.165) is 47.6 Å². The van der Waals surface area contributed by atoms with Crippen LogP contribution in [0.1, 0.15) is 62.7 Å². The van der Waals surface area contributed by atoms with Crippen LogP contribution in [-0.2, 0) is 4.79 Å². The largest absolute Gasteiger partial charge is 0.511 e. The van der Waals surface area contributed by atoms with Crippen molar-refractivity contribution in [3.05, 3.63) is 52.1 Å². The average molecular weight is 509 g/mol. The number of carboxylic acid groups (broad SMARTS) is 1. The van der Waals surface area contributed by atoms with Crippen LogP contribution in [0.3, 0.4) is 0 Å². The van der Waals surface area contributed by atoms with Crippen molar-refractivity contribution in [1.82, 2.24) is 14.8 Å². The van der Waals surface area contributed by atoms with Crippen LogP contribution in [0.15, 0.2) is 35.8 Å². The highest BCUT2D eigenvalue weighted by molar-refractivity contribution is 7.09. The number of amides is 1. The van der Waals surface area contributed by atoms with E-state index in [1.54, 1.807) is 20.9 Å². The van der Waals surface area contributed by atoms with Gasteiger partial charge in [0.15, 0.2) is 5.75 Å². The normalized spacial score (nSPS) is 18.0. The van der Waals surface area contributed by atoms with Crippen LogP contribution >= 0.6 is 11.3 Å². The summed E-state index contributed by atoms with van der Waals surface area (Å²) < 4.78 is 6.62. The number of thiazole rings is 1. The summed E-state index contributed by atoms with van der Waals surface area (Å²) in [7, 11) is 0. The standard InChI is InChI=1S/C27H32N4O4S/c1-17(2)31(26(32)21-10-5-18(3)6-11-21)25-24(35-27(33)34)15-30(29-25)23-13-8-20(9-14-23)7-12-22-16-36-19(4)28-22/h7-9,12-18,21H,5-6,10-11H2,1-4H3,(H,33,34)/b12-7+/t18-,21-. The molecule has 8 nitrogen and oxygen atoms in total. The van der Waals surface area contributed by atoms with Gasteiger partial charge in [-0.25, -0.2) is 14.5 Å². The van der Waals surface area contributed by atoms with E-state index in [1.807, 2.05) is 62.6 Å². The molecule has 36 heavy (non-hydrogen) atoms. The van der Waals surface area contributed by atoms with Gasteiger partial charge in [-0.2, -0.15) is 0 Å². The predicted octanol–water partition coefficient (Wildman–Crippen LogP) is 6.43. The Hall–Kier alpha value is -3.46. The number of hydrogen-bond acceptors (Lipinski definition) is 6. The number of carbonyl (C=O) groups is 2. The van der Waals surface area contributed by atoms with E-state index < -0.39 is 6.16 Å². The third kappa shape index (κ3) is 6.02. The van der Waals surface area contributed by atoms with E-state index in [2.05, 4.69) is 17.0 Å². The Labute approximate surface area is 215 Å². The summed E-state index contributed by atoms with van der Waals surface area (Å²) >= 11 is 1.61. The number of benzene rings is 1. The van der Waals surface area contributed by atoms with Gasteiger partial charge in [-0.1, -0.05) is 25.1 Å². The van der Waals surface area contributed by atoms with Crippen molar-refractivity contribution in [3.8, 4) is 11.4 Å². The summed E-state index contributed by atoms with van der Waals surface area (Å²) in [5.74, 6) is 0.750. The second-order valence-corrected chi connectivity index (χ2v) is 10.7. The van der Waals surface area contributed by atoms with Gasteiger partial charge in [0.1, 0.15) is 0 Å².